The Bertz CT molecular complexity index is 1010. The Morgan fingerprint density at radius 3 is 2.29 bits per heavy atom. The molecule has 0 aromatic heterocycles. The van der Waals surface area contributed by atoms with Crippen LogP contribution >= 0.6 is 12.2 Å². The van der Waals surface area contributed by atoms with Gasteiger partial charge in [0, 0.05) is 16.5 Å². The van der Waals surface area contributed by atoms with Gasteiger partial charge in [0.25, 0.3) is 5.91 Å². The third-order valence-electron chi connectivity index (χ3n) is 5.93. The highest BCUT2D eigenvalue weighted by molar-refractivity contribution is 7.80. The monoisotopic (exact) mass is 436 g/mol. The quantitative estimate of drug-likeness (QED) is 0.511. The van der Waals surface area contributed by atoms with Crippen molar-refractivity contribution in [2.75, 3.05) is 6.61 Å². The summed E-state index contributed by atoms with van der Waals surface area (Å²) < 4.78 is 5.45. The van der Waals surface area contributed by atoms with E-state index in [0.717, 1.165) is 30.4 Å². The van der Waals surface area contributed by atoms with Crippen molar-refractivity contribution in [3.05, 3.63) is 76.9 Å². The molecule has 2 aromatic rings. The third-order valence-corrected chi connectivity index (χ3v) is 6.13. The average molecular weight is 437 g/mol. The molecule has 1 aliphatic carbocycles. The van der Waals surface area contributed by atoms with Gasteiger partial charge in [-0.15, -0.1) is 0 Å². The maximum absolute atomic E-state index is 13.1. The first-order valence-electron chi connectivity index (χ1n) is 10.6. The van der Waals surface area contributed by atoms with Gasteiger partial charge in [-0.1, -0.05) is 56.3 Å². The highest BCUT2D eigenvalue weighted by atomic mass is 32.1. The summed E-state index contributed by atoms with van der Waals surface area (Å²) in [5.41, 5.74) is 3.38. The number of esters is 1. The first kappa shape index (κ1) is 22.7. The lowest BCUT2D eigenvalue weighted by molar-refractivity contribution is -0.140. The zero-order chi connectivity index (χ0) is 22.4. The largest absolute Gasteiger partial charge is 0.463 e. The number of nitrogens with one attached hydrogen (secondary N) is 2. The van der Waals surface area contributed by atoms with E-state index >= 15 is 0 Å². The molecule has 31 heavy (non-hydrogen) atoms. The molecule has 1 amide bonds. The van der Waals surface area contributed by atoms with Gasteiger partial charge in [0.05, 0.1) is 17.9 Å². The summed E-state index contributed by atoms with van der Waals surface area (Å²) >= 11 is 5.46. The molecule has 0 heterocycles. The molecule has 6 heteroatoms. The average Bonchev–Trinajstić information content (AvgIpc) is 2.79. The van der Waals surface area contributed by atoms with Gasteiger partial charge in [-0.25, -0.2) is 4.79 Å². The normalized spacial score (nSPS) is 14.4. The Hall–Kier alpha value is -2.99. The zero-order valence-electron chi connectivity index (χ0n) is 18.2. The van der Waals surface area contributed by atoms with E-state index in [0.29, 0.717) is 16.8 Å². The number of ether oxygens (including phenoxy) is 1. The van der Waals surface area contributed by atoms with E-state index in [-0.39, 0.29) is 29.0 Å². The van der Waals surface area contributed by atoms with Crippen LogP contribution in [0.15, 0.2) is 60.2 Å². The van der Waals surface area contributed by atoms with Crippen LogP contribution in [0.3, 0.4) is 0 Å². The van der Waals surface area contributed by atoms with E-state index < -0.39 is 0 Å². The van der Waals surface area contributed by atoms with Gasteiger partial charge in [-0.2, -0.15) is 0 Å². The second-order valence-corrected chi connectivity index (χ2v) is 7.97. The van der Waals surface area contributed by atoms with Crippen molar-refractivity contribution in [2.24, 2.45) is 5.41 Å². The molecule has 2 aromatic carbocycles. The van der Waals surface area contributed by atoms with E-state index in [1.807, 2.05) is 24.3 Å². The fraction of sp³-hybridized carbons (Fsp3) is 0.320. The summed E-state index contributed by atoms with van der Waals surface area (Å²) in [4.78, 5) is 25.7. The van der Waals surface area contributed by atoms with Crippen LogP contribution in [0.1, 0.15) is 55.1 Å². The third kappa shape index (κ3) is 4.69. The molecule has 5 nitrogen and oxygen atoms in total. The fourth-order valence-corrected chi connectivity index (χ4v) is 4.38. The van der Waals surface area contributed by atoms with E-state index in [4.69, 9.17) is 17.0 Å². The van der Waals surface area contributed by atoms with Crippen LogP contribution in [0.5, 0.6) is 0 Å². The molecular weight excluding hydrogens is 408 g/mol. The number of carbonyl (C=O) groups is 2. The van der Waals surface area contributed by atoms with Gasteiger partial charge in [-0.05, 0) is 56.1 Å². The van der Waals surface area contributed by atoms with Crippen molar-refractivity contribution in [3.63, 3.8) is 0 Å². The minimum atomic E-state index is -0.373. The predicted octanol–water partition coefficient (Wildman–Crippen LogP) is 4.63. The lowest BCUT2D eigenvalue weighted by Crippen LogP contribution is -2.43. The molecule has 0 aliphatic heterocycles. The Kier molecular flexibility index (Phi) is 7.23. The van der Waals surface area contributed by atoms with Gasteiger partial charge in [0.2, 0.25) is 0 Å². The highest BCUT2D eigenvalue weighted by Crippen LogP contribution is 2.47. The van der Waals surface area contributed by atoms with Gasteiger partial charge in [0.15, 0.2) is 5.11 Å². The SMILES string of the molecule is CCOC(=O)C1=C(NC(=S)NC(=O)c2ccccc2)c2ccccc2CC1(CC)CC. The molecular formula is C25H28N2O3S. The molecule has 3 rings (SSSR count). The molecule has 162 valence electrons. The molecule has 0 radical (unpaired) electrons. The lowest BCUT2D eigenvalue weighted by Gasteiger charge is -2.39. The summed E-state index contributed by atoms with van der Waals surface area (Å²) in [6.45, 7) is 6.26. The van der Waals surface area contributed by atoms with Crippen LogP contribution < -0.4 is 10.6 Å². The number of benzene rings is 2. The van der Waals surface area contributed by atoms with Gasteiger partial charge < -0.3 is 10.1 Å². The molecule has 0 bridgehead atoms. The highest BCUT2D eigenvalue weighted by Gasteiger charge is 2.42. The van der Waals surface area contributed by atoms with Gasteiger partial charge >= 0.3 is 5.97 Å². The molecule has 0 unspecified atom stereocenters. The van der Waals surface area contributed by atoms with Crippen LogP contribution in [0, 0.1) is 5.41 Å². The Morgan fingerprint density at radius 1 is 1.00 bits per heavy atom. The van der Waals surface area contributed by atoms with Crippen molar-refractivity contribution in [1.29, 1.82) is 0 Å². The molecule has 2 N–H and O–H groups in total. The number of hydrogen-bond acceptors (Lipinski definition) is 4. The van der Waals surface area contributed by atoms with E-state index in [9.17, 15) is 9.59 Å². The maximum atomic E-state index is 13.1. The number of fused-ring (bicyclic) bond motifs is 1. The van der Waals surface area contributed by atoms with E-state index in [1.165, 1.54) is 0 Å². The molecule has 0 atom stereocenters. The minimum Gasteiger partial charge on any atom is -0.463 e. The molecule has 0 saturated carbocycles. The van der Waals surface area contributed by atoms with Gasteiger partial charge in [-0.3, -0.25) is 10.1 Å². The summed E-state index contributed by atoms with van der Waals surface area (Å²) in [5, 5.41) is 6.03. The van der Waals surface area contributed by atoms with Crippen molar-refractivity contribution in [2.45, 2.75) is 40.0 Å². The van der Waals surface area contributed by atoms with Crippen molar-refractivity contribution >= 4 is 34.9 Å². The van der Waals surface area contributed by atoms with Crippen molar-refractivity contribution in [3.8, 4) is 0 Å². The second-order valence-electron chi connectivity index (χ2n) is 7.57. The standard InChI is InChI=1S/C25H28N2O3S/c1-4-25(5-2)16-18-14-10-11-15-19(18)21(20(25)23(29)30-6-3)26-24(31)27-22(28)17-12-8-7-9-13-17/h7-15H,4-6,16H2,1-3H3,(H2,26,27,28,31). The second kappa shape index (κ2) is 9.88. The molecule has 1 aliphatic rings. The number of thiocarbonyl (C=S) groups is 1. The number of carbonyl (C=O) groups excluding carboxylic acids is 2. The first-order valence-corrected chi connectivity index (χ1v) is 11.0. The zero-order valence-corrected chi connectivity index (χ0v) is 19.0. The Balaban J connectivity index is 2.03. The molecule has 0 saturated heterocycles. The first-order chi connectivity index (χ1) is 15.0. The fourth-order valence-electron chi connectivity index (χ4n) is 4.19. The minimum absolute atomic E-state index is 0.142. The maximum Gasteiger partial charge on any atom is 0.336 e. The van der Waals surface area contributed by atoms with Gasteiger partial charge in [0.1, 0.15) is 0 Å². The van der Waals surface area contributed by atoms with E-state index in [2.05, 4.69) is 30.5 Å². The van der Waals surface area contributed by atoms with Crippen molar-refractivity contribution < 1.29 is 14.3 Å². The molecule has 0 fully saturated rings. The summed E-state index contributed by atoms with van der Waals surface area (Å²) in [6, 6.07) is 16.8. The Labute approximate surface area is 188 Å². The number of rotatable bonds is 6. The van der Waals surface area contributed by atoms with Crippen LogP contribution in [-0.2, 0) is 16.0 Å². The number of amides is 1. The summed E-state index contributed by atoms with van der Waals surface area (Å²) in [6.07, 6.45) is 2.30. The topological polar surface area (TPSA) is 67.4 Å². The number of hydrogen-bond donors (Lipinski definition) is 2. The summed E-state index contributed by atoms with van der Waals surface area (Å²) in [5.74, 6) is -0.655. The lowest BCUT2D eigenvalue weighted by atomic mass is 9.66. The van der Waals surface area contributed by atoms with Crippen LogP contribution in [-0.4, -0.2) is 23.6 Å². The smallest absolute Gasteiger partial charge is 0.336 e. The van der Waals surface area contributed by atoms with Crippen LogP contribution in [0.4, 0.5) is 0 Å². The van der Waals surface area contributed by atoms with Crippen molar-refractivity contribution in [1.82, 2.24) is 10.6 Å². The van der Waals surface area contributed by atoms with Crippen LogP contribution in [0.2, 0.25) is 0 Å². The Morgan fingerprint density at radius 2 is 1.65 bits per heavy atom. The van der Waals surface area contributed by atoms with E-state index in [1.54, 1.807) is 31.2 Å². The van der Waals surface area contributed by atoms with Crippen LogP contribution in [0.25, 0.3) is 5.70 Å². The summed E-state index contributed by atoms with van der Waals surface area (Å²) in [7, 11) is 0. The molecule has 0 spiro atoms. The predicted molar refractivity (Wildman–Crippen MR) is 126 cm³/mol.